The Kier molecular flexibility index (Phi) is 36.3. The molecule has 0 aliphatic carbocycles. The summed E-state index contributed by atoms with van der Waals surface area (Å²) < 4.78 is 33.6. The molecule has 0 saturated carbocycles. The first-order valence-electron chi connectivity index (χ1n) is 21.8. The van der Waals surface area contributed by atoms with E-state index in [0.29, 0.717) is 43.1 Å². The molecule has 0 aromatic carbocycles. The first kappa shape index (κ1) is 56.6. The van der Waals surface area contributed by atoms with Gasteiger partial charge in [0.05, 0.1) is 40.0 Å². The number of hydrogen-bond donors (Lipinski definition) is 2. The van der Waals surface area contributed by atoms with Crippen molar-refractivity contribution >= 4 is 19.8 Å². The number of aliphatic hydroxyl groups excluding tert-OH is 2. The monoisotopic (exact) mass is 860 g/mol. The molecule has 0 rings (SSSR count). The molecule has 0 fully saturated rings. The average molecular weight is 860 g/mol. The summed E-state index contributed by atoms with van der Waals surface area (Å²) in [7, 11) is 1.01. The van der Waals surface area contributed by atoms with Gasteiger partial charge in [0.25, 0.3) is 7.82 Å². The number of phosphoric ester groups is 1. The molecule has 12 heteroatoms. The zero-order chi connectivity index (χ0) is 44.6. The topological polar surface area (TPSA) is 152 Å². The zero-order valence-electron chi connectivity index (χ0n) is 37.3. The lowest BCUT2D eigenvalue weighted by Gasteiger charge is -2.28. The van der Waals surface area contributed by atoms with Gasteiger partial charge in [0, 0.05) is 12.8 Å². The lowest BCUT2D eigenvalue weighted by atomic mass is 10.1. The number of likely N-dealkylation sites (N-methyl/N-ethyl adjacent to an activating group) is 1. The van der Waals surface area contributed by atoms with E-state index in [9.17, 15) is 29.3 Å². The number of phosphoric acid groups is 1. The SMILES string of the molecule is CC/C=C\C[C@H](O)/C=C/C=C\C=C\[C@H](O)C/C=C\C/C=C\CCC(=O)O[C@H](COC(=O)CCCC/C=C\C/C=C\C/C=C\CCCCC)COP(=O)([O-])OCC[N+](C)(C)C. The Morgan fingerprint density at radius 1 is 0.633 bits per heavy atom. The summed E-state index contributed by atoms with van der Waals surface area (Å²) in [6.45, 7) is 3.71. The normalized spacial score (nSPS) is 15.7. The summed E-state index contributed by atoms with van der Waals surface area (Å²) in [4.78, 5) is 37.5. The van der Waals surface area contributed by atoms with E-state index in [1.807, 2.05) is 64.5 Å². The molecule has 60 heavy (non-hydrogen) atoms. The molecule has 340 valence electrons. The van der Waals surface area contributed by atoms with Gasteiger partial charge in [-0.3, -0.25) is 14.2 Å². The number of carbonyl (C=O) groups excluding carboxylic acids is 2. The van der Waals surface area contributed by atoms with Gasteiger partial charge in [-0.05, 0) is 77.0 Å². The number of allylic oxidation sites excluding steroid dienone is 14. The van der Waals surface area contributed by atoms with Crippen LogP contribution in [0.2, 0.25) is 0 Å². The van der Waals surface area contributed by atoms with Crippen molar-refractivity contribution in [3.05, 3.63) is 109 Å². The molecule has 1 unspecified atom stereocenters. The van der Waals surface area contributed by atoms with Gasteiger partial charge in [0.2, 0.25) is 0 Å². The molecule has 4 atom stereocenters. The van der Waals surface area contributed by atoms with Crippen molar-refractivity contribution in [3.63, 3.8) is 0 Å². The number of nitrogens with zero attached hydrogens (tertiary/aromatic N) is 1. The second-order valence-corrected chi connectivity index (χ2v) is 16.8. The maximum atomic E-state index is 12.7. The van der Waals surface area contributed by atoms with E-state index in [-0.39, 0.29) is 26.1 Å². The van der Waals surface area contributed by atoms with Crippen LogP contribution in [0.3, 0.4) is 0 Å². The predicted molar refractivity (Wildman–Crippen MR) is 243 cm³/mol. The third kappa shape index (κ3) is 41.3. The molecular weight excluding hydrogens is 781 g/mol. The van der Waals surface area contributed by atoms with E-state index in [1.165, 1.54) is 19.3 Å². The Labute approximate surface area is 362 Å². The van der Waals surface area contributed by atoms with Crippen molar-refractivity contribution in [2.45, 2.75) is 135 Å². The second-order valence-electron chi connectivity index (χ2n) is 15.4. The molecule has 0 radical (unpaired) electrons. The van der Waals surface area contributed by atoms with Gasteiger partial charge in [0.15, 0.2) is 6.10 Å². The molecule has 0 aromatic heterocycles. The maximum Gasteiger partial charge on any atom is 0.306 e. The fraction of sp³-hybridized carbons (Fsp3) is 0.583. The van der Waals surface area contributed by atoms with Crippen LogP contribution >= 0.6 is 7.82 Å². The number of unbranched alkanes of at least 4 members (excludes halogenated alkanes) is 5. The second kappa shape index (κ2) is 38.5. The van der Waals surface area contributed by atoms with Gasteiger partial charge in [-0.25, -0.2) is 0 Å². The van der Waals surface area contributed by atoms with E-state index in [4.69, 9.17) is 18.5 Å². The van der Waals surface area contributed by atoms with Gasteiger partial charge < -0.3 is 38.1 Å². The molecule has 0 saturated heterocycles. The van der Waals surface area contributed by atoms with Crippen LogP contribution in [-0.2, 0) is 32.7 Å². The first-order chi connectivity index (χ1) is 28.8. The Morgan fingerprint density at radius 2 is 1.17 bits per heavy atom. The molecule has 0 aliphatic rings. The minimum absolute atomic E-state index is 0.0280. The molecule has 0 aliphatic heterocycles. The van der Waals surface area contributed by atoms with Crippen LogP contribution in [0, 0.1) is 0 Å². The third-order valence-corrected chi connectivity index (χ3v) is 9.42. The number of rotatable bonds is 37. The summed E-state index contributed by atoms with van der Waals surface area (Å²) in [6.07, 6.45) is 44.9. The van der Waals surface area contributed by atoms with Crippen LogP contribution < -0.4 is 4.89 Å². The van der Waals surface area contributed by atoms with Crippen molar-refractivity contribution in [2.75, 3.05) is 47.5 Å². The Balaban J connectivity index is 4.70. The maximum absolute atomic E-state index is 12.7. The van der Waals surface area contributed by atoms with E-state index >= 15 is 0 Å². The smallest absolute Gasteiger partial charge is 0.306 e. The van der Waals surface area contributed by atoms with E-state index in [1.54, 1.807) is 36.5 Å². The Bertz CT molecular complexity index is 1420. The van der Waals surface area contributed by atoms with Gasteiger partial charge in [0.1, 0.15) is 19.8 Å². The van der Waals surface area contributed by atoms with Gasteiger partial charge in [-0.1, -0.05) is 136 Å². The summed E-state index contributed by atoms with van der Waals surface area (Å²) >= 11 is 0. The Hall–Kier alpha value is -3.41. The van der Waals surface area contributed by atoms with Crippen LogP contribution in [0.15, 0.2) is 109 Å². The lowest BCUT2D eigenvalue weighted by Crippen LogP contribution is -2.37. The molecule has 0 heterocycles. The summed E-state index contributed by atoms with van der Waals surface area (Å²) in [5.41, 5.74) is 0. The van der Waals surface area contributed by atoms with Crippen molar-refractivity contribution < 1.29 is 52.3 Å². The highest BCUT2D eigenvalue weighted by atomic mass is 31.2. The van der Waals surface area contributed by atoms with Crippen molar-refractivity contribution in [3.8, 4) is 0 Å². The summed E-state index contributed by atoms with van der Waals surface area (Å²) in [5, 5.41) is 20.0. The van der Waals surface area contributed by atoms with Crippen LogP contribution in [0.1, 0.15) is 117 Å². The van der Waals surface area contributed by atoms with Gasteiger partial charge in [-0.2, -0.15) is 0 Å². The van der Waals surface area contributed by atoms with E-state index in [0.717, 1.165) is 38.5 Å². The number of carbonyl (C=O) groups is 2. The third-order valence-electron chi connectivity index (χ3n) is 8.46. The highest BCUT2D eigenvalue weighted by Gasteiger charge is 2.21. The number of hydrogen-bond acceptors (Lipinski definition) is 10. The summed E-state index contributed by atoms with van der Waals surface area (Å²) in [5.74, 6) is -1.06. The molecule has 11 nitrogen and oxygen atoms in total. The van der Waals surface area contributed by atoms with E-state index < -0.39 is 44.7 Å². The first-order valence-corrected chi connectivity index (χ1v) is 23.3. The largest absolute Gasteiger partial charge is 0.756 e. The molecule has 0 bridgehead atoms. The van der Waals surface area contributed by atoms with Crippen molar-refractivity contribution in [1.29, 1.82) is 0 Å². The number of ether oxygens (including phenoxy) is 2. The Morgan fingerprint density at radius 3 is 1.73 bits per heavy atom. The number of esters is 2. The fourth-order valence-corrected chi connectivity index (χ4v) is 5.71. The molecular formula is C48H78NO10P. The quantitative estimate of drug-likeness (QED) is 0.0154. The summed E-state index contributed by atoms with van der Waals surface area (Å²) in [6, 6.07) is 0. The minimum Gasteiger partial charge on any atom is -0.756 e. The van der Waals surface area contributed by atoms with Crippen molar-refractivity contribution in [2.24, 2.45) is 0 Å². The van der Waals surface area contributed by atoms with E-state index in [2.05, 4.69) is 43.4 Å². The van der Waals surface area contributed by atoms with Crippen LogP contribution in [0.4, 0.5) is 0 Å². The number of aliphatic hydroxyl groups is 2. The predicted octanol–water partition coefficient (Wildman–Crippen LogP) is 9.66. The molecule has 0 amide bonds. The van der Waals surface area contributed by atoms with Crippen LogP contribution in [-0.4, -0.2) is 92.5 Å². The van der Waals surface area contributed by atoms with Gasteiger partial charge in [-0.15, -0.1) is 0 Å². The zero-order valence-corrected chi connectivity index (χ0v) is 38.2. The number of quaternary nitrogens is 1. The molecule has 2 N–H and O–H groups in total. The molecule has 0 spiro atoms. The van der Waals surface area contributed by atoms with Crippen molar-refractivity contribution in [1.82, 2.24) is 0 Å². The highest BCUT2D eigenvalue weighted by molar-refractivity contribution is 7.45. The van der Waals surface area contributed by atoms with Gasteiger partial charge >= 0.3 is 11.9 Å². The fourth-order valence-electron chi connectivity index (χ4n) is 4.98. The van der Waals surface area contributed by atoms with Crippen LogP contribution in [0.5, 0.6) is 0 Å². The minimum atomic E-state index is -4.69. The highest BCUT2D eigenvalue weighted by Crippen LogP contribution is 2.38. The average Bonchev–Trinajstić information content (AvgIpc) is 3.19. The lowest BCUT2D eigenvalue weighted by molar-refractivity contribution is -0.870. The van der Waals surface area contributed by atoms with Crippen LogP contribution in [0.25, 0.3) is 0 Å². The standard InChI is InChI=1S/C48H78NO10P/c1-6-8-10-11-12-13-14-15-16-17-18-19-20-24-32-38-47(52)56-42-46(43-58-60(54,55)57-41-40-49(3,4)5)59-48(53)39-33-25-22-21-23-29-35-45(51)37-31-27-26-30-36-44(50)34-28-9-7-2/h9,12-13,15-16,18-19,22-23,25-31,36-37,44-46,50-51H,6-8,10-11,14,17,20-21,24,32-35,38-43H2,1-5H3/b13-12-,16-15-,19-18-,25-22-,27-26-,28-9-,29-23-,36-30+,37-31+/t44-,45+,46+/m0/s1. The molecule has 0 aromatic rings.